The summed E-state index contributed by atoms with van der Waals surface area (Å²) in [6.45, 7) is 6.71. The van der Waals surface area contributed by atoms with E-state index in [1.165, 1.54) is 17.9 Å². The smallest absolute Gasteiger partial charge is 0.331 e. The lowest BCUT2D eigenvalue weighted by Gasteiger charge is -2.24. The molecule has 0 fully saturated rings. The van der Waals surface area contributed by atoms with Crippen LogP contribution in [0.5, 0.6) is 11.5 Å². The molecule has 1 amide bonds. The van der Waals surface area contributed by atoms with Gasteiger partial charge in [0, 0.05) is 18.3 Å². The number of carbonyl (C=O) groups is 2. The number of ether oxygens (including phenoxy) is 3. The predicted octanol–water partition coefficient (Wildman–Crippen LogP) is 4.77. The van der Waals surface area contributed by atoms with Gasteiger partial charge in [0.25, 0.3) is 5.91 Å². The minimum atomic E-state index is -1.01. The van der Waals surface area contributed by atoms with Crippen molar-refractivity contribution in [2.24, 2.45) is 0 Å². The Morgan fingerprint density at radius 1 is 1.09 bits per heavy atom. The summed E-state index contributed by atoms with van der Waals surface area (Å²) in [6, 6.07) is 16.4. The number of nitriles is 1. The molecule has 0 heterocycles. The quantitative estimate of drug-likeness (QED) is 0.342. The van der Waals surface area contributed by atoms with Crippen LogP contribution in [0.25, 0.3) is 6.08 Å². The van der Waals surface area contributed by atoms with Crippen LogP contribution in [-0.4, -0.2) is 37.7 Å². The number of anilines is 1. The molecule has 33 heavy (non-hydrogen) atoms. The van der Waals surface area contributed by atoms with Crippen LogP contribution in [0.15, 0.2) is 54.6 Å². The van der Waals surface area contributed by atoms with E-state index in [2.05, 4.69) is 0 Å². The number of hydrogen-bond donors (Lipinski definition) is 0. The molecular formula is C26H30N2O5. The second kappa shape index (κ2) is 13.6. The molecule has 2 rings (SSSR count). The molecule has 0 radical (unpaired) electrons. The van der Waals surface area contributed by atoms with E-state index in [0.717, 1.165) is 12.0 Å². The molecule has 174 valence electrons. The molecule has 2 aromatic rings. The number of hydrogen-bond acceptors (Lipinski definition) is 6. The average molecular weight is 451 g/mol. The molecule has 0 aliphatic carbocycles. The fourth-order valence-corrected chi connectivity index (χ4v) is 3.01. The van der Waals surface area contributed by atoms with Gasteiger partial charge in [-0.05, 0) is 56.2 Å². The highest BCUT2D eigenvalue weighted by molar-refractivity contribution is 5.98. The summed E-state index contributed by atoms with van der Waals surface area (Å²) in [7, 11) is 0. The zero-order valence-corrected chi connectivity index (χ0v) is 19.3. The summed E-state index contributed by atoms with van der Waals surface area (Å²) >= 11 is 0. The third-order valence-corrected chi connectivity index (χ3v) is 4.56. The zero-order chi connectivity index (χ0) is 24.1. The fourth-order valence-electron chi connectivity index (χ4n) is 3.01. The molecule has 0 aliphatic heterocycles. The summed E-state index contributed by atoms with van der Waals surface area (Å²) < 4.78 is 16.6. The van der Waals surface area contributed by atoms with Gasteiger partial charge in [-0.2, -0.15) is 5.26 Å². The van der Waals surface area contributed by atoms with Crippen molar-refractivity contribution in [2.45, 2.75) is 39.7 Å². The third-order valence-electron chi connectivity index (χ3n) is 4.56. The Kier molecular flexibility index (Phi) is 10.5. The van der Waals surface area contributed by atoms with Crippen molar-refractivity contribution < 1.29 is 23.8 Å². The fraction of sp³-hybridized carbons (Fsp3) is 0.346. The van der Waals surface area contributed by atoms with Crippen molar-refractivity contribution in [2.75, 3.05) is 24.7 Å². The van der Waals surface area contributed by atoms with Crippen LogP contribution in [0.4, 0.5) is 5.69 Å². The highest BCUT2D eigenvalue weighted by atomic mass is 16.5. The molecule has 0 bridgehead atoms. The molecule has 1 unspecified atom stereocenters. The van der Waals surface area contributed by atoms with Gasteiger partial charge in [0.15, 0.2) is 17.6 Å². The maximum atomic E-state index is 12.9. The van der Waals surface area contributed by atoms with Gasteiger partial charge < -0.3 is 19.1 Å². The summed E-state index contributed by atoms with van der Waals surface area (Å²) in [4.78, 5) is 26.7. The van der Waals surface area contributed by atoms with Gasteiger partial charge in [-0.25, -0.2) is 4.79 Å². The van der Waals surface area contributed by atoms with Gasteiger partial charge in [-0.15, -0.1) is 0 Å². The first-order valence-electron chi connectivity index (χ1n) is 11.0. The Bertz CT molecular complexity index is 982. The largest absolute Gasteiger partial charge is 0.490 e. The maximum Gasteiger partial charge on any atom is 0.331 e. The van der Waals surface area contributed by atoms with Crippen LogP contribution in [0.3, 0.4) is 0 Å². The van der Waals surface area contributed by atoms with Crippen LogP contribution < -0.4 is 14.4 Å². The van der Waals surface area contributed by atoms with Crippen molar-refractivity contribution in [3.8, 4) is 17.6 Å². The Hall–Kier alpha value is -3.79. The van der Waals surface area contributed by atoms with Gasteiger partial charge in [0.2, 0.25) is 0 Å². The van der Waals surface area contributed by atoms with E-state index in [0.29, 0.717) is 30.4 Å². The molecule has 7 nitrogen and oxygen atoms in total. The van der Waals surface area contributed by atoms with Crippen molar-refractivity contribution in [3.05, 3.63) is 60.2 Å². The first-order chi connectivity index (χ1) is 16.0. The molecule has 0 aromatic heterocycles. The minimum Gasteiger partial charge on any atom is -0.490 e. The number of carbonyl (C=O) groups excluding carboxylic acids is 2. The molecule has 2 aromatic carbocycles. The van der Waals surface area contributed by atoms with Crippen molar-refractivity contribution >= 4 is 23.6 Å². The summed E-state index contributed by atoms with van der Waals surface area (Å²) in [6.07, 6.45) is 2.90. The lowest BCUT2D eigenvalue weighted by molar-refractivity contribution is -0.149. The zero-order valence-electron chi connectivity index (χ0n) is 19.3. The van der Waals surface area contributed by atoms with Crippen LogP contribution >= 0.6 is 0 Å². The summed E-state index contributed by atoms with van der Waals surface area (Å²) in [5.74, 6) is 0.208. The summed E-state index contributed by atoms with van der Waals surface area (Å²) in [5, 5.41) is 8.92. The number of benzene rings is 2. The first kappa shape index (κ1) is 25.5. The number of amides is 1. The Balaban J connectivity index is 2.05. The monoisotopic (exact) mass is 450 g/mol. The molecule has 0 aliphatic rings. The Labute approximate surface area is 195 Å². The molecule has 0 saturated heterocycles. The van der Waals surface area contributed by atoms with E-state index in [1.807, 2.05) is 32.0 Å². The highest BCUT2D eigenvalue weighted by Crippen LogP contribution is 2.29. The van der Waals surface area contributed by atoms with Crippen molar-refractivity contribution in [1.82, 2.24) is 0 Å². The van der Waals surface area contributed by atoms with Crippen LogP contribution in [0, 0.1) is 11.3 Å². The number of esters is 1. The molecule has 7 heteroatoms. The maximum absolute atomic E-state index is 12.9. The van der Waals surface area contributed by atoms with E-state index in [1.54, 1.807) is 42.5 Å². The van der Waals surface area contributed by atoms with Gasteiger partial charge in [0.1, 0.15) is 0 Å². The number of rotatable bonds is 12. The van der Waals surface area contributed by atoms with E-state index < -0.39 is 18.0 Å². The van der Waals surface area contributed by atoms with E-state index >= 15 is 0 Å². The van der Waals surface area contributed by atoms with Crippen LogP contribution in [0.2, 0.25) is 0 Å². The molecule has 0 N–H and O–H groups in total. The van der Waals surface area contributed by atoms with Gasteiger partial charge >= 0.3 is 5.97 Å². The van der Waals surface area contributed by atoms with Gasteiger partial charge in [-0.3, -0.25) is 4.79 Å². The predicted molar refractivity (Wildman–Crippen MR) is 127 cm³/mol. The van der Waals surface area contributed by atoms with Crippen molar-refractivity contribution in [1.29, 1.82) is 5.26 Å². The number of nitrogens with zero attached hydrogens (tertiary/aromatic N) is 2. The third kappa shape index (κ3) is 8.00. The normalized spacial score (nSPS) is 11.5. The Morgan fingerprint density at radius 3 is 2.52 bits per heavy atom. The molecule has 1 atom stereocenters. The number of para-hydroxylation sites is 1. The second-order valence-electron chi connectivity index (χ2n) is 7.13. The topological polar surface area (TPSA) is 88.9 Å². The van der Waals surface area contributed by atoms with E-state index in [-0.39, 0.29) is 13.0 Å². The van der Waals surface area contributed by atoms with Gasteiger partial charge in [0.05, 0.1) is 25.7 Å². The van der Waals surface area contributed by atoms with Crippen molar-refractivity contribution in [3.63, 3.8) is 0 Å². The average Bonchev–Trinajstić information content (AvgIpc) is 2.83. The first-order valence-corrected chi connectivity index (χ1v) is 11.0. The standard InChI is InChI=1S/C26H30N2O5/c1-4-18-32-23-14-12-21(19-24(23)31-5-2)13-15-25(29)33-20(3)26(30)28(17-9-16-27)22-10-7-6-8-11-22/h6-8,10-15,19-20H,4-5,9,17-18H2,1-3H3/b15-13+. The van der Waals surface area contributed by atoms with Crippen LogP contribution in [0.1, 0.15) is 39.2 Å². The van der Waals surface area contributed by atoms with E-state index in [4.69, 9.17) is 19.5 Å². The van der Waals surface area contributed by atoms with Crippen LogP contribution in [-0.2, 0) is 14.3 Å². The van der Waals surface area contributed by atoms with Gasteiger partial charge in [-0.1, -0.05) is 31.2 Å². The molecule has 0 saturated carbocycles. The summed E-state index contributed by atoms with van der Waals surface area (Å²) in [5.41, 5.74) is 1.38. The lowest BCUT2D eigenvalue weighted by atomic mass is 10.2. The minimum absolute atomic E-state index is 0.168. The van der Waals surface area contributed by atoms with E-state index in [9.17, 15) is 9.59 Å². The molecule has 0 spiro atoms. The Morgan fingerprint density at radius 2 is 1.85 bits per heavy atom. The second-order valence-corrected chi connectivity index (χ2v) is 7.13. The SMILES string of the molecule is CCCOc1ccc(/C=C/C(=O)OC(C)C(=O)N(CCC#N)c2ccccc2)cc1OCC. The lowest BCUT2D eigenvalue weighted by Crippen LogP contribution is -2.40. The molecular weight excluding hydrogens is 420 g/mol. The highest BCUT2D eigenvalue weighted by Gasteiger charge is 2.24.